The van der Waals surface area contributed by atoms with Crippen molar-refractivity contribution >= 4 is 11.6 Å². The van der Waals surface area contributed by atoms with Crippen LogP contribution in [0.15, 0.2) is 23.3 Å². The lowest BCUT2D eigenvalue weighted by Crippen LogP contribution is -2.32. The van der Waals surface area contributed by atoms with Gasteiger partial charge in [0.2, 0.25) is 16.9 Å². The minimum absolute atomic E-state index is 0.0620. The zero-order valence-electron chi connectivity index (χ0n) is 19.2. The first-order valence-corrected chi connectivity index (χ1v) is 10.5. The summed E-state index contributed by atoms with van der Waals surface area (Å²) in [6, 6.07) is 3.20. The fraction of sp³-hybridized carbons (Fsp3) is 0.318. The number of halogens is 7. The van der Waals surface area contributed by atoms with Gasteiger partial charge in [0.25, 0.3) is 12.0 Å². The molecule has 2 heterocycles. The lowest BCUT2D eigenvalue weighted by atomic mass is 10.0. The van der Waals surface area contributed by atoms with Crippen LogP contribution in [0.3, 0.4) is 0 Å². The minimum Gasteiger partial charge on any atom is -0.481 e. The lowest BCUT2D eigenvalue weighted by molar-refractivity contribution is -0.139. The summed E-state index contributed by atoms with van der Waals surface area (Å²) in [6.07, 6.45) is -6.80. The third-order valence-electron chi connectivity index (χ3n) is 5.22. The van der Waals surface area contributed by atoms with E-state index in [1.54, 1.807) is 6.07 Å². The van der Waals surface area contributed by atoms with Gasteiger partial charge in [-0.15, -0.1) is 0 Å². The molecule has 2 aromatic heterocycles. The Labute approximate surface area is 210 Å². The fourth-order valence-electron chi connectivity index (χ4n) is 3.24. The number of methoxy groups -OCH3 is 1. The zero-order valence-corrected chi connectivity index (χ0v) is 20.0. The van der Waals surface area contributed by atoms with E-state index in [9.17, 15) is 36.4 Å². The molecule has 1 aromatic carbocycles. The van der Waals surface area contributed by atoms with E-state index in [0.29, 0.717) is 12.4 Å². The number of hydrogen-bond donors (Lipinski definition) is 0. The van der Waals surface area contributed by atoms with E-state index in [-0.39, 0.29) is 33.5 Å². The van der Waals surface area contributed by atoms with Gasteiger partial charge < -0.3 is 9.47 Å². The van der Waals surface area contributed by atoms with Crippen molar-refractivity contribution in [2.24, 2.45) is 0 Å². The highest BCUT2D eigenvalue weighted by atomic mass is 35.5. The number of aryl methyl sites for hydroxylation is 1. The molecule has 3 rings (SSSR count). The van der Waals surface area contributed by atoms with Crippen molar-refractivity contribution in [2.75, 3.05) is 7.11 Å². The van der Waals surface area contributed by atoms with Crippen molar-refractivity contribution < 1.29 is 35.8 Å². The Morgan fingerprint density at radius 3 is 2.43 bits per heavy atom. The number of hydrogen-bond acceptors (Lipinski definition) is 7. The molecule has 37 heavy (non-hydrogen) atoms. The van der Waals surface area contributed by atoms with Gasteiger partial charge in [-0.2, -0.15) is 19.0 Å². The summed E-state index contributed by atoms with van der Waals surface area (Å²) in [6.45, 7) is 2.29. The van der Waals surface area contributed by atoms with Crippen LogP contribution in [0, 0.1) is 25.2 Å². The van der Waals surface area contributed by atoms with Gasteiger partial charge in [-0.25, -0.2) is 27.5 Å². The number of nitriles is 1. The maximum absolute atomic E-state index is 14.4. The van der Waals surface area contributed by atoms with Crippen LogP contribution < -0.4 is 15.0 Å². The molecule has 0 spiro atoms. The van der Waals surface area contributed by atoms with Gasteiger partial charge in [0.1, 0.15) is 5.75 Å². The number of ether oxygens (including phenoxy) is 2. The molecule has 0 amide bonds. The highest BCUT2D eigenvalue weighted by molar-refractivity contribution is 6.28. The quantitative estimate of drug-likeness (QED) is 0.278. The molecule has 0 saturated carbocycles. The summed E-state index contributed by atoms with van der Waals surface area (Å²) in [7, 11) is 1.25. The maximum Gasteiger partial charge on any atom is 0.352 e. The van der Waals surface area contributed by atoms with Gasteiger partial charge >= 0.3 is 12.3 Å². The first kappa shape index (κ1) is 27.7. The maximum atomic E-state index is 14.4. The molecule has 0 aliphatic rings. The van der Waals surface area contributed by atoms with Crippen LogP contribution in [-0.2, 0) is 12.5 Å². The normalized spacial score (nSPS) is 11.6. The van der Waals surface area contributed by atoms with Crippen LogP contribution in [0.4, 0.5) is 26.3 Å². The second-order valence-electron chi connectivity index (χ2n) is 7.55. The molecule has 0 aliphatic heterocycles. The van der Waals surface area contributed by atoms with E-state index in [4.69, 9.17) is 21.1 Å². The fourth-order valence-corrected chi connectivity index (χ4v) is 3.44. The van der Waals surface area contributed by atoms with Crippen LogP contribution >= 0.6 is 11.6 Å². The molecule has 0 radical (unpaired) electrons. The molecular weight excluding hydrogens is 532 g/mol. The SMILES string of the molecule is COc1nc(Cl)nc(C)c1Cn1cnc(C(F)(F)C(F)F)c(Oc2cc(C(F)F)cc(C#N)c2C)c1=O. The highest BCUT2D eigenvalue weighted by Crippen LogP contribution is 2.40. The van der Waals surface area contributed by atoms with Crippen molar-refractivity contribution in [3.63, 3.8) is 0 Å². The van der Waals surface area contributed by atoms with E-state index >= 15 is 0 Å². The summed E-state index contributed by atoms with van der Waals surface area (Å²) in [5.41, 5.74) is -3.79. The second-order valence-corrected chi connectivity index (χ2v) is 7.89. The summed E-state index contributed by atoms with van der Waals surface area (Å²) in [5, 5.41) is 9.07. The van der Waals surface area contributed by atoms with Crippen molar-refractivity contribution in [1.82, 2.24) is 19.5 Å². The molecule has 196 valence electrons. The van der Waals surface area contributed by atoms with Gasteiger partial charge in [-0.3, -0.25) is 9.36 Å². The van der Waals surface area contributed by atoms with Crippen molar-refractivity contribution in [2.45, 2.75) is 39.2 Å². The van der Waals surface area contributed by atoms with Crippen molar-refractivity contribution in [3.05, 3.63) is 67.7 Å². The lowest BCUT2D eigenvalue weighted by Gasteiger charge is -2.20. The van der Waals surface area contributed by atoms with Gasteiger partial charge in [-0.05, 0) is 37.6 Å². The molecule has 0 aliphatic carbocycles. The third-order valence-corrected chi connectivity index (χ3v) is 5.39. The smallest absolute Gasteiger partial charge is 0.352 e. The molecule has 0 bridgehead atoms. The van der Waals surface area contributed by atoms with Crippen molar-refractivity contribution in [1.29, 1.82) is 5.26 Å². The Bertz CT molecular complexity index is 1440. The average Bonchev–Trinajstić information content (AvgIpc) is 2.83. The Morgan fingerprint density at radius 1 is 1.19 bits per heavy atom. The van der Waals surface area contributed by atoms with Crippen LogP contribution in [0.5, 0.6) is 17.4 Å². The molecule has 3 aromatic rings. The largest absolute Gasteiger partial charge is 0.481 e. The van der Waals surface area contributed by atoms with Gasteiger partial charge in [0.05, 0.1) is 42.9 Å². The summed E-state index contributed by atoms with van der Waals surface area (Å²) in [4.78, 5) is 24.3. The van der Waals surface area contributed by atoms with Crippen molar-refractivity contribution in [3.8, 4) is 23.4 Å². The molecule has 0 fully saturated rings. The number of rotatable bonds is 8. The van der Waals surface area contributed by atoms with E-state index in [2.05, 4.69) is 15.0 Å². The minimum atomic E-state index is -4.95. The molecule has 0 N–H and O–H groups in total. The predicted octanol–water partition coefficient (Wildman–Crippen LogP) is 5.32. The van der Waals surface area contributed by atoms with E-state index < -0.39 is 53.6 Å². The van der Waals surface area contributed by atoms with E-state index in [1.807, 2.05) is 0 Å². The highest BCUT2D eigenvalue weighted by Gasteiger charge is 2.48. The third kappa shape index (κ3) is 5.46. The Hall–Kier alpha value is -3.86. The number of alkyl halides is 6. The molecule has 15 heteroatoms. The van der Waals surface area contributed by atoms with Crippen LogP contribution in [-0.4, -0.2) is 33.1 Å². The zero-order chi connectivity index (χ0) is 27.7. The summed E-state index contributed by atoms with van der Waals surface area (Å²) >= 11 is 5.79. The van der Waals surface area contributed by atoms with E-state index in [1.165, 1.54) is 21.0 Å². The molecular formula is C22H16ClF6N5O3. The van der Waals surface area contributed by atoms with Gasteiger partial charge in [0.15, 0.2) is 5.69 Å². The Balaban J connectivity index is 2.25. The molecule has 0 atom stereocenters. The van der Waals surface area contributed by atoms with Crippen LogP contribution in [0.1, 0.15) is 40.1 Å². The standard InChI is InChI=1S/C22H16ClF6N5O3/c1-9-12(6-30)4-11(17(24)25)5-14(9)37-15-16(22(28,29)20(26)27)31-8-34(19(15)35)7-13-10(2)32-21(23)33-18(13)36-3/h4-5,8,17,20H,7H2,1-3H3. The van der Waals surface area contributed by atoms with E-state index in [0.717, 1.165) is 10.6 Å². The van der Waals surface area contributed by atoms with Gasteiger partial charge in [-0.1, -0.05) is 0 Å². The predicted molar refractivity (Wildman–Crippen MR) is 117 cm³/mol. The monoisotopic (exact) mass is 547 g/mol. The molecule has 0 unspecified atom stereocenters. The first-order chi connectivity index (χ1) is 17.3. The van der Waals surface area contributed by atoms with Crippen LogP contribution in [0.2, 0.25) is 5.28 Å². The summed E-state index contributed by atoms with van der Waals surface area (Å²) < 4.78 is 93.0. The average molecular weight is 548 g/mol. The Morgan fingerprint density at radius 2 is 1.86 bits per heavy atom. The number of aromatic nitrogens is 4. The Kier molecular flexibility index (Phi) is 7.97. The van der Waals surface area contributed by atoms with Gasteiger partial charge in [0, 0.05) is 11.1 Å². The first-order valence-electron chi connectivity index (χ1n) is 10.1. The van der Waals surface area contributed by atoms with Crippen LogP contribution in [0.25, 0.3) is 0 Å². The number of benzene rings is 1. The second kappa shape index (κ2) is 10.6. The topological polar surface area (TPSA) is 103 Å². The number of nitrogens with zero attached hydrogens (tertiary/aromatic N) is 5. The molecule has 0 saturated heterocycles. The summed E-state index contributed by atoms with van der Waals surface area (Å²) in [5.74, 6) is -6.96. The molecule has 8 nitrogen and oxygen atoms in total.